The lowest BCUT2D eigenvalue weighted by Gasteiger charge is -2.21. The van der Waals surface area contributed by atoms with Crippen LogP contribution in [0.25, 0.3) is 0 Å². The fourth-order valence-electron chi connectivity index (χ4n) is 3.22. The highest BCUT2D eigenvalue weighted by Crippen LogP contribution is 2.27. The van der Waals surface area contributed by atoms with Crippen LogP contribution in [0.2, 0.25) is 0 Å². The number of ether oxygens (including phenoxy) is 1. The number of nitrogens with one attached hydrogen (secondary N) is 1. The second-order valence-electron chi connectivity index (χ2n) is 6.36. The van der Waals surface area contributed by atoms with Gasteiger partial charge in [0.05, 0.1) is 7.11 Å². The summed E-state index contributed by atoms with van der Waals surface area (Å²) in [4.78, 5) is 14.7. The van der Waals surface area contributed by atoms with Crippen molar-refractivity contribution in [3.05, 3.63) is 53.6 Å². The largest absolute Gasteiger partial charge is 0.497 e. The van der Waals surface area contributed by atoms with Crippen molar-refractivity contribution in [1.29, 1.82) is 0 Å². The van der Waals surface area contributed by atoms with Crippen LogP contribution in [0.5, 0.6) is 5.75 Å². The van der Waals surface area contributed by atoms with E-state index in [2.05, 4.69) is 10.2 Å². The molecule has 132 valence electrons. The molecule has 0 radical (unpaired) electrons. The minimum absolute atomic E-state index is 0.457. The lowest BCUT2D eigenvalue weighted by molar-refractivity contribution is -0.124. The molecule has 1 aliphatic rings. The number of nitrogens with zero attached hydrogens (tertiary/aromatic N) is 1. The van der Waals surface area contributed by atoms with Gasteiger partial charge in [-0.25, -0.2) is 0 Å². The molecular formula is C20H24N2O3. The quantitative estimate of drug-likeness (QED) is 0.877. The average molecular weight is 340 g/mol. The van der Waals surface area contributed by atoms with Crippen LogP contribution < -0.4 is 15.0 Å². The maximum atomic E-state index is 12.4. The molecule has 0 aromatic heterocycles. The lowest BCUT2D eigenvalue weighted by Crippen LogP contribution is -2.21. The summed E-state index contributed by atoms with van der Waals surface area (Å²) in [6, 6.07) is 12.8. The van der Waals surface area contributed by atoms with Crippen molar-refractivity contribution in [2.75, 3.05) is 30.4 Å². The number of aryl methyl sites for hydroxylation is 1. The van der Waals surface area contributed by atoms with E-state index in [1.165, 1.54) is 18.5 Å². The molecule has 1 saturated heterocycles. The molecule has 1 atom stereocenters. The number of benzene rings is 2. The zero-order chi connectivity index (χ0) is 17.8. The topological polar surface area (TPSA) is 61.8 Å². The number of rotatable bonds is 5. The average Bonchev–Trinajstić information content (AvgIpc) is 3.15. The molecule has 5 heteroatoms. The van der Waals surface area contributed by atoms with Gasteiger partial charge in [-0.05, 0) is 61.2 Å². The Morgan fingerprint density at radius 1 is 1.20 bits per heavy atom. The molecule has 2 aromatic carbocycles. The Hall–Kier alpha value is -2.53. The monoisotopic (exact) mass is 340 g/mol. The third kappa shape index (κ3) is 3.94. The van der Waals surface area contributed by atoms with Gasteiger partial charge in [0.1, 0.15) is 5.75 Å². The van der Waals surface area contributed by atoms with Crippen molar-refractivity contribution in [2.24, 2.45) is 0 Å². The first-order valence-electron chi connectivity index (χ1n) is 8.57. The number of aliphatic hydroxyl groups is 1. The third-order valence-electron chi connectivity index (χ3n) is 4.57. The molecule has 3 rings (SSSR count). The Morgan fingerprint density at radius 3 is 2.64 bits per heavy atom. The van der Waals surface area contributed by atoms with E-state index in [0.29, 0.717) is 17.0 Å². The molecule has 1 amide bonds. The minimum atomic E-state index is -1.24. The van der Waals surface area contributed by atoms with Crippen LogP contribution >= 0.6 is 0 Å². The van der Waals surface area contributed by atoms with E-state index in [4.69, 9.17) is 4.74 Å². The first-order valence-corrected chi connectivity index (χ1v) is 8.57. The molecule has 0 saturated carbocycles. The van der Waals surface area contributed by atoms with E-state index in [1.807, 2.05) is 25.1 Å². The highest BCUT2D eigenvalue weighted by Gasteiger charge is 2.19. The Balaban J connectivity index is 1.70. The van der Waals surface area contributed by atoms with Gasteiger partial charge in [0, 0.05) is 24.5 Å². The smallest absolute Gasteiger partial charge is 0.257 e. The van der Waals surface area contributed by atoms with Crippen molar-refractivity contribution >= 4 is 17.3 Å². The van der Waals surface area contributed by atoms with Crippen LogP contribution in [0, 0.1) is 6.92 Å². The highest BCUT2D eigenvalue weighted by atomic mass is 16.5. The number of hydrogen-bond donors (Lipinski definition) is 2. The van der Waals surface area contributed by atoms with E-state index in [1.54, 1.807) is 31.4 Å². The standard InChI is InChI=1S/C20H24N2O3/c1-14-12-16(8-9-18(14)22-10-3-4-11-22)21-20(24)19(23)15-6-5-7-17(13-15)25-2/h5-9,12-13,19,23H,3-4,10-11H2,1-2H3,(H,21,24). The number of methoxy groups -OCH3 is 1. The molecule has 1 aliphatic heterocycles. The van der Waals surface area contributed by atoms with Gasteiger partial charge in [0.15, 0.2) is 6.10 Å². The fraction of sp³-hybridized carbons (Fsp3) is 0.350. The zero-order valence-electron chi connectivity index (χ0n) is 14.7. The van der Waals surface area contributed by atoms with Crippen LogP contribution in [0.4, 0.5) is 11.4 Å². The number of carbonyl (C=O) groups is 1. The summed E-state index contributed by atoms with van der Waals surface area (Å²) in [5, 5.41) is 13.1. The van der Waals surface area contributed by atoms with Crippen LogP contribution in [0.3, 0.4) is 0 Å². The van der Waals surface area contributed by atoms with Gasteiger partial charge in [0.2, 0.25) is 0 Å². The van der Waals surface area contributed by atoms with Crippen molar-refractivity contribution < 1.29 is 14.6 Å². The second-order valence-corrected chi connectivity index (χ2v) is 6.36. The van der Waals surface area contributed by atoms with Crippen LogP contribution in [0.1, 0.15) is 30.1 Å². The molecule has 0 bridgehead atoms. The first-order chi connectivity index (χ1) is 12.1. The van der Waals surface area contributed by atoms with Gasteiger partial charge in [-0.2, -0.15) is 0 Å². The summed E-state index contributed by atoms with van der Waals surface area (Å²) in [7, 11) is 1.55. The molecule has 2 N–H and O–H groups in total. The summed E-state index contributed by atoms with van der Waals surface area (Å²) in [6.45, 7) is 4.21. The van der Waals surface area contributed by atoms with E-state index < -0.39 is 12.0 Å². The predicted octanol–water partition coefficient (Wildman–Crippen LogP) is 3.28. The van der Waals surface area contributed by atoms with E-state index in [-0.39, 0.29) is 0 Å². The molecule has 0 spiro atoms. The van der Waals surface area contributed by atoms with E-state index in [9.17, 15) is 9.90 Å². The summed E-state index contributed by atoms with van der Waals surface area (Å²) in [5.74, 6) is 0.150. The van der Waals surface area contributed by atoms with Crippen molar-refractivity contribution in [2.45, 2.75) is 25.9 Å². The molecule has 1 heterocycles. The van der Waals surface area contributed by atoms with Gasteiger partial charge < -0.3 is 20.1 Å². The summed E-state index contributed by atoms with van der Waals surface area (Å²) >= 11 is 0. The van der Waals surface area contributed by atoms with Gasteiger partial charge in [0.25, 0.3) is 5.91 Å². The Bertz CT molecular complexity index is 754. The predicted molar refractivity (Wildman–Crippen MR) is 99.2 cm³/mol. The van der Waals surface area contributed by atoms with E-state index >= 15 is 0 Å². The van der Waals surface area contributed by atoms with E-state index in [0.717, 1.165) is 18.7 Å². The lowest BCUT2D eigenvalue weighted by atomic mass is 10.1. The third-order valence-corrected chi connectivity index (χ3v) is 4.57. The number of anilines is 2. The number of aliphatic hydroxyl groups excluding tert-OH is 1. The summed E-state index contributed by atoms with van der Waals surface area (Å²) in [6.07, 6.45) is 1.21. The Labute approximate surface area is 148 Å². The van der Waals surface area contributed by atoms with Crippen LogP contribution in [0.15, 0.2) is 42.5 Å². The molecule has 1 unspecified atom stereocenters. The molecule has 1 fully saturated rings. The second kappa shape index (κ2) is 7.57. The van der Waals surface area contributed by atoms with Crippen LogP contribution in [-0.2, 0) is 4.79 Å². The van der Waals surface area contributed by atoms with Crippen molar-refractivity contribution in [3.63, 3.8) is 0 Å². The molecule has 5 nitrogen and oxygen atoms in total. The van der Waals surface area contributed by atoms with Crippen molar-refractivity contribution in [1.82, 2.24) is 0 Å². The van der Waals surface area contributed by atoms with Gasteiger partial charge in [-0.3, -0.25) is 4.79 Å². The molecule has 2 aromatic rings. The molecular weight excluding hydrogens is 316 g/mol. The van der Waals surface area contributed by atoms with Gasteiger partial charge in [-0.15, -0.1) is 0 Å². The summed E-state index contributed by atoms with van der Waals surface area (Å²) in [5.41, 5.74) is 3.52. The normalized spacial score (nSPS) is 15.1. The number of carbonyl (C=O) groups excluding carboxylic acids is 1. The Morgan fingerprint density at radius 2 is 1.96 bits per heavy atom. The minimum Gasteiger partial charge on any atom is -0.497 e. The maximum absolute atomic E-state index is 12.4. The van der Waals surface area contributed by atoms with Crippen LogP contribution in [-0.4, -0.2) is 31.2 Å². The van der Waals surface area contributed by atoms with Gasteiger partial charge >= 0.3 is 0 Å². The SMILES string of the molecule is COc1cccc(C(O)C(=O)Nc2ccc(N3CCCC3)c(C)c2)c1. The maximum Gasteiger partial charge on any atom is 0.257 e. The first kappa shape index (κ1) is 17.3. The zero-order valence-corrected chi connectivity index (χ0v) is 14.7. The number of amides is 1. The Kier molecular flexibility index (Phi) is 5.24. The van der Waals surface area contributed by atoms with Crippen molar-refractivity contribution in [3.8, 4) is 5.75 Å². The number of hydrogen-bond acceptors (Lipinski definition) is 4. The molecule has 25 heavy (non-hydrogen) atoms. The molecule has 0 aliphatic carbocycles. The van der Waals surface area contributed by atoms with Gasteiger partial charge in [-0.1, -0.05) is 12.1 Å². The fourth-order valence-corrected chi connectivity index (χ4v) is 3.22. The highest BCUT2D eigenvalue weighted by molar-refractivity contribution is 5.95. The summed E-state index contributed by atoms with van der Waals surface area (Å²) < 4.78 is 5.13.